The molecule has 1 aliphatic carbocycles. The van der Waals surface area contributed by atoms with Gasteiger partial charge in [-0.25, -0.2) is 4.90 Å². The molecule has 0 fully saturated rings. The lowest BCUT2D eigenvalue weighted by Crippen LogP contribution is -2.52. The summed E-state index contributed by atoms with van der Waals surface area (Å²) in [5.74, 6) is -5.23. The molecule has 9 heteroatoms. The molecular weight excluding hydrogens is 565 g/mol. The number of hydrogen-bond donors (Lipinski definition) is 0. The van der Waals surface area contributed by atoms with E-state index in [4.69, 9.17) is 27.9 Å². The molecule has 3 aromatic rings. The number of rotatable bonds is 7. The molecule has 41 heavy (non-hydrogen) atoms. The number of fused-ring (bicyclic) bond motifs is 2. The number of allylic oxidation sites excluding steroid dienone is 1. The van der Waals surface area contributed by atoms with Crippen molar-refractivity contribution in [1.82, 2.24) is 0 Å². The lowest BCUT2D eigenvalue weighted by molar-refractivity contribution is -0.152. The van der Waals surface area contributed by atoms with Gasteiger partial charge in [-0.15, -0.1) is 0 Å². The van der Waals surface area contributed by atoms with Crippen LogP contribution in [0.25, 0.3) is 0 Å². The quantitative estimate of drug-likeness (QED) is 0.247. The maximum Gasteiger partial charge on any atom is 0.315 e. The second kappa shape index (κ2) is 11.1. The van der Waals surface area contributed by atoms with Crippen LogP contribution in [-0.2, 0) is 24.5 Å². The molecule has 5 rings (SSSR count). The Kier molecular flexibility index (Phi) is 7.68. The van der Waals surface area contributed by atoms with E-state index in [0.29, 0.717) is 26.9 Å². The minimum atomic E-state index is -1.77. The minimum Gasteiger partial charge on any atom is -0.465 e. The predicted octanol–water partition coefficient (Wildman–Crippen LogP) is 6.02. The van der Waals surface area contributed by atoms with Gasteiger partial charge in [0.2, 0.25) is 11.8 Å². The fourth-order valence-corrected chi connectivity index (χ4v) is 6.22. The van der Waals surface area contributed by atoms with E-state index < -0.39 is 40.8 Å². The van der Waals surface area contributed by atoms with Crippen LogP contribution in [0.1, 0.15) is 46.5 Å². The number of anilines is 1. The summed E-state index contributed by atoms with van der Waals surface area (Å²) < 4.78 is 5.45. The van der Waals surface area contributed by atoms with E-state index >= 15 is 0 Å². The highest BCUT2D eigenvalue weighted by molar-refractivity contribution is 6.31. The maximum atomic E-state index is 14.5. The summed E-state index contributed by atoms with van der Waals surface area (Å²) in [6, 6.07) is 19.1. The Balaban J connectivity index is 1.74. The number of ether oxygens (including phenoxy) is 1. The van der Waals surface area contributed by atoms with E-state index in [1.165, 1.54) is 25.1 Å². The molecule has 1 aliphatic heterocycles. The number of ketones is 2. The topological polar surface area (TPSA) is 97.8 Å². The summed E-state index contributed by atoms with van der Waals surface area (Å²) in [4.78, 5) is 69.7. The third kappa shape index (κ3) is 4.69. The summed E-state index contributed by atoms with van der Waals surface area (Å²) in [7, 11) is 0. The highest BCUT2D eigenvalue weighted by Crippen LogP contribution is 2.58. The summed E-state index contributed by atoms with van der Waals surface area (Å²) in [5.41, 5.74) is -0.469. The fraction of sp³-hybridized carbons (Fsp3) is 0.219. The van der Waals surface area contributed by atoms with E-state index in [1.807, 2.05) is 0 Å². The van der Waals surface area contributed by atoms with Gasteiger partial charge >= 0.3 is 5.97 Å². The standard InChI is InChI=1S/C32H25Cl2NO6/c1-3-41-30(39)28-24(29(38)20-10-14-23(34)15-11-20)16-21(17-27(37)19-8-12-22(33)13-9-19)32(28)25-6-4-5-7-26(25)35(18(2)36)31(32)40/h4-16,21,28H,3,17H2,1-2H3/t21-,28?,32-/m0/s1. The first-order chi connectivity index (χ1) is 19.6. The van der Waals surface area contributed by atoms with Crippen molar-refractivity contribution < 1.29 is 28.7 Å². The number of carbonyl (C=O) groups is 5. The number of halogens is 2. The smallest absolute Gasteiger partial charge is 0.315 e. The van der Waals surface area contributed by atoms with E-state index in [-0.39, 0.29) is 29.9 Å². The van der Waals surface area contributed by atoms with Gasteiger partial charge in [0.05, 0.1) is 12.3 Å². The molecular formula is C32H25Cl2NO6. The molecule has 0 bridgehead atoms. The number of nitrogens with zero attached hydrogens (tertiary/aromatic N) is 1. The molecule has 0 saturated carbocycles. The zero-order chi connectivity index (χ0) is 29.5. The molecule has 7 nitrogen and oxygen atoms in total. The van der Waals surface area contributed by atoms with E-state index in [9.17, 15) is 24.0 Å². The van der Waals surface area contributed by atoms with E-state index in [1.54, 1.807) is 67.6 Å². The molecule has 1 heterocycles. The first-order valence-electron chi connectivity index (χ1n) is 13.0. The van der Waals surface area contributed by atoms with Crippen molar-refractivity contribution in [1.29, 1.82) is 0 Å². The van der Waals surface area contributed by atoms with Crippen molar-refractivity contribution in [2.75, 3.05) is 11.5 Å². The van der Waals surface area contributed by atoms with Crippen molar-refractivity contribution >= 4 is 58.2 Å². The average molecular weight is 590 g/mol. The Hall–Kier alpha value is -4.07. The number of hydrogen-bond acceptors (Lipinski definition) is 6. The number of Topliss-reactive ketones (excluding diaryl/α,β-unsaturated/α-hetero) is 2. The third-order valence-electron chi connectivity index (χ3n) is 7.66. The Morgan fingerprint density at radius 2 is 1.46 bits per heavy atom. The molecule has 3 atom stereocenters. The van der Waals surface area contributed by atoms with Crippen LogP contribution in [0.4, 0.5) is 5.69 Å². The molecule has 1 spiro atoms. The van der Waals surface area contributed by atoms with Crippen LogP contribution >= 0.6 is 23.2 Å². The highest BCUT2D eigenvalue weighted by atomic mass is 35.5. The Bertz CT molecular complexity index is 1610. The summed E-state index contributed by atoms with van der Waals surface area (Å²) in [6.07, 6.45) is 1.31. The summed E-state index contributed by atoms with van der Waals surface area (Å²) in [6.45, 7) is 2.87. The maximum absolute atomic E-state index is 14.5. The second-order valence-corrected chi connectivity index (χ2v) is 10.8. The van der Waals surface area contributed by atoms with Gasteiger partial charge in [-0.1, -0.05) is 47.5 Å². The SMILES string of the molecule is CCOC(=O)C1C(C(=O)c2ccc(Cl)cc2)=C[C@@H](CC(=O)c2ccc(Cl)cc2)[C@@]12C(=O)N(C(C)=O)c1ccccc12. The fourth-order valence-electron chi connectivity index (χ4n) is 5.97. The Labute approximate surface area is 246 Å². The van der Waals surface area contributed by atoms with Crippen LogP contribution < -0.4 is 4.90 Å². The van der Waals surface area contributed by atoms with Crippen LogP contribution in [-0.4, -0.2) is 36.0 Å². The second-order valence-electron chi connectivity index (χ2n) is 9.93. The molecule has 208 valence electrons. The van der Waals surface area contributed by atoms with E-state index in [0.717, 1.165) is 4.90 Å². The largest absolute Gasteiger partial charge is 0.465 e. The van der Waals surface area contributed by atoms with Gasteiger partial charge in [0.15, 0.2) is 11.6 Å². The minimum absolute atomic E-state index is 0.00550. The van der Waals surface area contributed by atoms with Crippen molar-refractivity contribution in [3.05, 3.63) is 111 Å². The molecule has 2 aliphatic rings. The van der Waals surface area contributed by atoms with Crippen molar-refractivity contribution in [2.45, 2.75) is 25.7 Å². The third-order valence-corrected chi connectivity index (χ3v) is 8.16. The summed E-state index contributed by atoms with van der Waals surface area (Å²) in [5, 5.41) is 0.873. The average Bonchev–Trinajstić information content (AvgIpc) is 3.42. The molecule has 0 aromatic heterocycles. The molecule has 0 radical (unpaired) electrons. The van der Waals surface area contributed by atoms with Gasteiger partial charge < -0.3 is 4.74 Å². The van der Waals surface area contributed by atoms with Gasteiger partial charge in [-0.3, -0.25) is 24.0 Å². The molecule has 3 aromatic carbocycles. The van der Waals surface area contributed by atoms with E-state index in [2.05, 4.69) is 0 Å². The van der Waals surface area contributed by atoms with Crippen LogP contribution in [0.5, 0.6) is 0 Å². The summed E-state index contributed by atoms with van der Waals surface area (Å²) >= 11 is 12.0. The monoisotopic (exact) mass is 589 g/mol. The number of imide groups is 1. The zero-order valence-electron chi connectivity index (χ0n) is 22.2. The number of carbonyl (C=O) groups excluding carboxylic acids is 5. The van der Waals surface area contributed by atoms with Crippen LogP contribution in [0, 0.1) is 11.8 Å². The van der Waals surface area contributed by atoms with Crippen molar-refractivity contribution in [3.8, 4) is 0 Å². The predicted molar refractivity (Wildman–Crippen MR) is 154 cm³/mol. The molecule has 0 saturated heterocycles. The zero-order valence-corrected chi connectivity index (χ0v) is 23.7. The highest BCUT2D eigenvalue weighted by Gasteiger charge is 2.67. The molecule has 0 N–H and O–H groups in total. The number of para-hydroxylation sites is 1. The lowest BCUT2D eigenvalue weighted by Gasteiger charge is -2.35. The molecule has 2 amide bonds. The van der Waals surface area contributed by atoms with Gasteiger partial charge in [0.25, 0.3) is 0 Å². The lowest BCUT2D eigenvalue weighted by atomic mass is 9.64. The van der Waals surface area contributed by atoms with Crippen molar-refractivity contribution in [2.24, 2.45) is 11.8 Å². The van der Waals surface area contributed by atoms with Gasteiger partial charge in [0.1, 0.15) is 11.3 Å². The number of amides is 2. The Morgan fingerprint density at radius 1 is 0.878 bits per heavy atom. The van der Waals surface area contributed by atoms with Gasteiger partial charge in [0, 0.05) is 46.0 Å². The number of benzene rings is 3. The first kappa shape index (κ1) is 28.5. The van der Waals surface area contributed by atoms with Crippen molar-refractivity contribution in [3.63, 3.8) is 0 Å². The first-order valence-corrected chi connectivity index (χ1v) is 13.8. The van der Waals surface area contributed by atoms with Crippen LogP contribution in [0.15, 0.2) is 84.4 Å². The normalized spacial score (nSPS) is 21.0. The number of esters is 1. The molecule has 1 unspecified atom stereocenters. The van der Waals surface area contributed by atoms with Crippen LogP contribution in [0.2, 0.25) is 10.0 Å². The van der Waals surface area contributed by atoms with Crippen LogP contribution in [0.3, 0.4) is 0 Å². The van der Waals surface area contributed by atoms with Gasteiger partial charge in [-0.05, 0) is 67.1 Å². The van der Waals surface area contributed by atoms with Gasteiger partial charge in [-0.2, -0.15) is 0 Å². The Morgan fingerprint density at radius 3 is 2.05 bits per heavy atom.